The molecular weight excluding hydrogens is 486 g/mol. The molecule has 1 aliphatic rings. The van der Waals surface area contributed by atoms with Crippen molar-refractivity contribution in [3.8, 4) is 0 Å². The van der Waals surface area contributed by atoms with E-state index in [0.29, 0.717) is 0 Å². The fourth-order valence-electron chi connectivity index (χ4n) is 4.78. The van der Waals surface area contributed by atoms with E-state index in [1.54, 1.807) is 35.2 Å². The summed E-state index contributed by atoms with van der Waals surface area (Å²) < 4.78 is 16.1. The van der Waals surface area contributed by atoms with Gasteiger partial charge in [-0.3, -0.25) is 38.5 Å². The predicted octanol–water partition coefficient (Wildman–Crippen LogP) is 0.849. The first-order valence-corrected chi connectivity index (χ1v) is 11.6. The summed E-state index contributed by atoms with van der Waals surface area (Å²) in [5.41, 5.74) is -3.40. The van der Waals surface area contributed by atoms with E-state index < -0.39 is 77.7 Å². The van der Waals surface area contributed by atoms with Crippen LogP contribution in [0.15, 0.2) is 30.3 Å². The first-order valence-electron chi connectivity index (χ1n) is 11.6. The third-order valence-electron chi connectivity index (χ3n) is 6.12. The van der Waals surface area contributed by atoms with Crippen LogP contribution in [0.4, 0.5) is 0 Å². The van der Waals surface area contributed by atoms with Crippen molar-refractivity contribution in [1.82, 2.24) is 4.90 Å². The third-order valence-corrected chi connectivity index (χ3v) is 6.12. The van der Waals surface area contributed by atoms with Crippen LogP contribution < -0.4 is 0 Å². The number of benzene rings is 1. The molecule has 1 fully saturated rings. The smallest absolute Gasteiger partial charge is 0.302 e. The van der Waals surface area contributed by atoms with Gasteiger partial charge >= 0.3 is 17.9 Å². The van der Waals surface area contributed by atoms with Gasteiger partial charge in [0.15, 0.2) is 17.0 Å². The molecule has 1 aromatic carbocycles. The number of ketones is 4. The number of hydrogen-bond donors (Lipinski definition) is 0. The maximum absolute atomic E-state index is 13.6. The van der Waals surface area contributed by atoms with Crippen molar-refractivity contribution in [1.29, 1.82) is 0 Å². The highest BCUT2D eigenvalue weighted by Crippen LogP contribution is 2.46. The summed E-state index contributed by atoms with van der Waals surface area (Å²) >= 11 is 0. The lowest BCUT2D eigenvalue weighted by atomic mass is 9.59. The Morgan fingerprint density at radius 3 is 1.65 bits per heavy atom. The summed E-state index contributed by atoms with van der Waals surface area (Å²) in [6, 6.07) is 8.94. The van der Waals surface area contributed by atoms with E-state index in [-0.39, 0.29) is 13.1 Å². The predicted molar refractivity (Wildman–Crippen MR) is 127 cm³/mol. The number of Topliss-reactive ketones (excluding diaryl/α,β-unsaturated/α-hetero) is 4. The number of carbonyl (C=O) groups excluding carboxylic acids is 7. The quantitative estimate of drug-likeness (QED) is 0.178. The normalized spacial score (nSPS) is 18.2. The maximum atomic E-state index is 13.6. The first-order chi connectivity index (χ1) is 17.2. The van der Waals surface area contributed by atoms with Gasteiger partial charge < -0.3 is 14.2 Å². The topological polar surface area (TPSA) is 150 Å². The SMILES string of the molecule is CC(=O)OCC1(COC(C)=O)CN(Cc2ccccc2)CC(C(=O)C(C)=O)(C(=O)C(C)=O)C1OC(C)=O. The summed E-state index contributed by atoms with van der Waals surface area (Å²) in [5.74, 6) is -6.95. The zero-order valence-electron chi connectivity index (χ0n) is 21.5. The van der Waals surface area contributed by atoms with Gasteiger partial charge in [-0.25, -0.2) is 0 Å². The highest BCUT2D eigenvalue weighted by Gasteiger charge is 2.67. The average molecular weight is 518 g/mol. The van der Waals surface area contributed by atoms with Crippen LogP contribution in [0.2, 0.25) is 0 Å². The van der Waals surface area contributed by atoms with Crippen molar-refractivity contribution in [2.45, 2.75) is 47.3 Å². The number of nitrogens with zero attached hydrogens (tertiary/aromatic N) is 1. The molecule has 11 nitrogen and oxygen atoms in total. The largest absolute Gasteiger partial charge is 0.465 e. The Hall–Kier alpha value is -3.73. The fourth-order valence-corrected chi connectivity index (χ4v) is 4.78. The van der Waals surface area contributed by atoms with Gasteiger partial charge in [-0.1, -0.05) is 30.3 Å². The molecule has 0 bridgehead atoms. The number of hydrogen-bond acceptors (Lipinski definition) is 11. The van der Waals surface area contributed by atoms with Gasteiger partial charge in [-0.05, 0) is 5.56 Å². The monoisotopic (exact) mass is 517 g/mol. The Morgan fingerprint density at radius 1 is 0.757 bits per heavy atom. The zero-order valence-corrected chi connectivity index (χ0v) is 21.5. The highest BCUT2D eigenvalue weighted by molar-refractivity contribution is 6.51. The van der Waals surface area contributed by atoms with Gasteiger partial charge in [0.2, 0.25) is 11.6 Å². The maximum Gasteiger partial charge on any atom is 0.302 e. The summed E-state index contributed by atoms with van der Waals surface area (Å²) in [4.78, 5) is 89.6. The summed E-state index contributed by atoms with van der Waals surface area (Å²) in [7, 11) is 0. The van der Waals surface area contributed by atoms with Gasteiger partial charge in [0.05, 0.1) is 5.41 Å². The van der Waals surface area contributed by atoms with E-state index in [4.69, 9.17) is 14.2 Å². The second-order valence-corrected chi connectivity index (χ2v) is 9.29. The molecule has 1 atom stereocenters. The van der Waals surface area contributed by atoms with E-state index in [1.807, 2.05) is 0 Å². The average Bonchev–Trinajstić information content (AvgIpc) is 2.82. The number of piperidine rings is 1. The molecular formula is C26H31NO10. The molecule has 1 unspecified atom stereocenters. The van der Waals surface area contributed by atoms with Crippen LogP contribution in [0.3, 0.4) is 0 Å². The van der Waals surface area contributed by atoms with Crippen molar-refractivity contribution in [3.05, 3.63) is 35.9 Å². The minimum Gasteiger partial charge on any atom is -0.465 e. The Bertz CT molecular complexity index is 1050. The summed E-state index contributed by atoms with van der Waals surface area (Å²) in [5, 5.41) is 0. The minimum absolute atomic E-state index is 0.0848. The molecule has 37 heavy (non-hydrogen) atoms. The Labute approximate surface area is 214 Å². The zero-order chi connectivity index (χ0) is 28.0. The molecule has 2 rings (SSSR count). The van der Waals surface area contributed by atoms with Crippen molar-refractivity contribution in [2.75, 3.05) is 26.3 Å². The van der Waals surface area contributed by atoms with Crippen molar-refractivity contribution in [3.63, 3.8) is 0 Å². The lowest BCUT2D eigenvalue weighted by Crippen LogP contribution is -2.72. The minimum atomic E-state index is -2.48. The number of rotatable bonds is 11. The van der Waals surface area contributed by atoms with Crippen LogP contribution >= 0.6 is 0 Å². The van der Waals surface area contributed by atoms with Crippen LogP contribution in [0.25, 0.3) is 0 Å². The Balaban J connectivity index is 2.87. The van der Waals surface area contributed by atoms with Crippen LogP contribution in [0, 0.1) is 10.8 Å². The number of likely N-dealkylation sites (tertiary alicyclic amines) is 1. The molecule has 1 heterocycles. The van der Waals surface area contributed by atoms with Gasteiger partial charge in [0, 0.05) is 54.3 Å². The molecule has 0 spiro atoms. The summed E-state index contributed by atoms with van der Waals surface area (Å²) in [6.07, 6.45) is -1.77. The van der Waals surface area contributed by atoms with E-state index in [0.717, 1.165) is 40.2 Å². The molecule has 0 N–H and O–H groups in total. The molecule has 0 amide bonds. The Kier molecular flexibility index (Phi) is 9.57. The molecule has 1 aliphatic heterocycles. The fraction of sp³-hybridized carbons (Fsp3) is 0.500. The molecule has 0 aromatic heterocycles. The van der Waals surface area contributed by atoms with Gasteiger partial charge in [0.1, 0.15) is 19.3 Å². The second kappa shape index (κ2) is 12.0. The molecule has 1 saturated heterocycles. The molecule has 0 aliphatic carbocycles. The van der Waals surface area contributed by atoms with Gasteiger partial charge in [-0.15, -0.1) is 0 Å². The Morgan fingerprint density at radius 2 is 1.24 bits per heavy atom. The molecule has 0 saturated carbocycles. The number of carbonyl (C=O) groups is 7. The van der Waals surface area contributed by atoms with Crippen molar-refractivity contribution in [2.24, 2.45) is 10.8 Å². The number of esters is 3. The molecule has 1 aromatic rings. The lowest BCUT2D eigenvalue weighted by molar-refractivity contribution is -0.208. The second-order valence-electron chi connectivity index (χ2n) is 9.29. The number of ether oxygens (including phenoxy) is 3. The van der Waals surface area contributed by atoms with Crippen molar-refractivity contribution >= 4 is 41.0 Å². The molecule has 0 radical (unpaired) electrons. The highest BCUT2D eigenvalue weighted by atomic mass is 16.6. The molecule has 11 heteroatoms. The van der Waals surface area contributed by atoms with Gasteiger partial charge in [0.25, 0.3) is 0 Å². The van der Waals surface area contributed by atoms with Crippen molar-refractivity contribution < 1.29 is 47.8 Å². The van der Waals surface area contributed by atoms with Gasteiger partial charge in [-0.2, -0.15) is 0 Å². The van der Waals surface area contributed by atoms with E-state index in [2.05, 4.69) is 0 Å². The first kappa shape index (κ1) is 29.5. The van der Waals surface area contributed by atoms with E-state index in [9.17, 15) is 33.6 Å². The van der Waals surface area contributed by atoms with Crippen LogP contribution in [0.1, 0.15) is 40.2 Å². The van der Waals surface area contributed by atoms with E-state index >= 15 is 0 Å². The molecule has 200 valence electrons. The summed E-state index contributed by atoms with van der Waals surface area (Å²) in [6.45, 7) is 3.69. The third kappa shape index (κ3) is 6.73. The lowest BCUT2D eigenvalue weighted by Gasteiger charge is -2.54. The van der Waals surface area contributed by atoms with Crippen LogP contribution in [-0.4, -0.2) is 78.3 Å². The van der Waals surface area contributed by atoms with Crippen LogP contribution in [-0.2, 0) is 54.3 Å². The van der Waals surface area contributed by atoms with E-state index in [1.165, 1.54) is 0 Å². The van der Waals surface area contributed by atoms with Crippen LogP contribution in [0.5, 0.6) is 0 Å². The standard InChI is InChI=1S/C26H31NO10/c1-16(28)22(33)26(23(34)17(2)29)13-27(11-21-9-7-6-8-10-21)12-25(14-35-18(3)30,15-36-19(4)31)24(26)37-20(5)32/h6-10,24H,11-15H2,1-5H3.